The first kappa shape index (κ1) is 24.0. The third-order valence-corrected chi connectivity index (χ3v) is 6.22. The molecule has 0 saturated carbocycles. The minimum Gasteiger partial charge on any atom is -0.497 e. The van der Waals surface area contributed by atoms with Gasteiger partial charge in [-0.05, 0) is 42.0 Å². The molecular weight excluding hydrogens is 470 g/mol. The minimum absolute atomic E-state index is 0.196. The van der Waals surface area contributed by atoms with Crippen molar-refractivity contribution in [2.75, 3.05) is 20.8 Å². The Morgan fingerprint density at radius 2 is 1.81 bits per heavy atom. The number of rotatable bonds is 8. The molecule has 186 valence electrons. The Labute approximate surface area is 214 Å². The van der Waals surface area contributed by atoms with Gasteiger partial charge in [-0.3, -0.25) is 19.6 Å². The summed E-state index contributed by atoms with van der Waals surface area (Å²) in [6.07, 6.45) is 5.46. The number of hydrogen-bond donors (Lipinski definition) is 1. The highest BCUT2D eigenvalue weighted by molar-refractivity contribution is 6.11. The molecule has 0 fully saturated rings. The lowest BCUT2D eigenvalue weighted by atomic mass is 10.0. The molecule has 0 spiro atoms. The topological polar surface area (TPSA) is 99.6 Å². The SMILES string of the molecule is COc1ccc(OC)c(C(=O)c2ccc(C(=O)NC[C@H]3Cc4cccc(-c5cnccn5)c4O3)cc2)c1. The van der Waals surface area contributed by atoms with Crippen LogP contribution in [0.5, 0.6) is 17.2 Å². The first-order chi connectivity index (χ1) is 18.1. The molecule has 3 aromatic carbocycles. The van der Waals surface area contributed by atoms with E-state index in [2.05, 4.69) is 15.3 Å². The van der Waals surface area contributed by atoms with E-state index < -0.39 is 0 Å². The standard InChI is InChI=1S/C29H25N3O5/c1-35-21-10-11-26(36-2)24(15-21)27(33)18-6-8-19(9-7-18)29(34)32-16-22-14-20-4-3-5-23(28(20)37-22)25-17-30-12-13-31-25/h3-13,15,17,22H,14,16H2,1-2H3,(H,32,34)/t22-/m1/s1. The molecule has 37 heavy (non-hydrogen) atoms. The number of ketones is 1. The molecule has 8 heteroatoms. The average Bonchev–Trinajstić information content (AvgIpc) is 3.39. The summed E-state index contributed by atoms with van der Waals surface area (Å²) in [5.41, 5.74) is 3.97. The van der Waals surface area contributed by atoms with Crippen molar-refractivity contribution in [2.45, 2.75) is 12.5 Å². The number of hydrogen-bond acceptors (Lipinski definition) is 7. The van der Waals surface area contributed by atoms with Crippen molar-refractivity contribution in [3.05, 3.63) is 102 Å². The van der Waals surface area contributed by atoms with Crippen LogP contribution in [-0.2, 0) is 6.42 Å². The summed E-state index contributed by atoms with van der Waals surface area (Å²) in [7, 11) is 3.05. The molecule has 1 aliphatic rings. The molecule has 0 unspecified atom stereocenters. The molecule has 4 aromatic rings. The fourth-order valence-corrected chi connectivity index (χ4v) is 4.32. The van der Waals surface area contributed by atoms with Crippen molar-refractivity contribution >= 4 is 11.7 Å². The van der Waals surface area contributed by atoms with Crippen LogP contribution in [0.4, 0.5) is 0 Å². The van der Waals surface area contributed by atoms with Crippen molar-refractivity contribution in [2.24, 2.45) is 0 Å². The Kier molecular flexibility index (Phi) is 6.81. The fourth-order valence-electron chi connectivity index (χ4n) is 4.32. The monoisotopic (exact) mass is 495 g/mol. The van der Waals surface area contributed by atoms with E-state index in [0.29, 0.717) is 41.2 Å². The number of methoxy groups -OCH3 is 2. The van der Waals surface area contributed by atoms with Crippen LogP contribution < -0.4 is 19.5 Å². The van der Waals surface area contributed by atoms with Gasteiger partial charge in [0.2, 0.25) is 0 Å². The minimum atomic E-state index is -0.244. The van der Waals surface area contributed by atoms with Gasteiger partial charge in [0.1, 0.15) is 23.4 Å². The van der Waals surface area contributed by atoms with E-state index in [0.717, 1.165) is 22.6 Å². The fraction of sp³-hybridized carbons (Fsp3) is 0.172. The van der Waals surface area contributed by atoms with Crippen LogP contribution in [-0.4, -0.2) is 48.5 Å². The van der Waals surface area contributed by atoms with Crippen LogP contribution in [0, 0.1) is 0 Å². The van der Waals surface area contributed by atoms with Gasteiger partial charge in [-0.25, -0.2) is 0 Å². The van der Waals surface area contributed by atoms with E-state index >= 15 is 0 Å². The van der Waals surface area contributed by atoms with Gasteiger partial charge in [-0.15, -0.1) is 0 Å². The third kappa shape index (κ3) is 4.99. The summed E-state index contributed by atoms with van der Waals surface area (Å²) in [5, 5.41) is 2.94. The zero-order chi connectivity index (χ0) is 25.8. The lowest BCUT2D eigenvalue weighted by molar-refractivity contribution is 0.0932. The lowest BCUT2D eigenvalue weighted by Gasteiger charge is -2.13. The van der Waals surface area contributed by atoms with E-state index in [-0.39, 0.29) is 17.8 Å². The number of ether oxygens (including phenoxy) is 3. The van der Waals surface area contributed by atoms with Crippen molar-refractivity contribution < 1.29 is 23.8 Å². The number of carbonyl (C=O) groups excluding carboxylic acids is 2. The largest absolute Gasteiger partial charge is 0.497 e. The number of benzene rings is 3. The molecule has 1 aromatic heterocycles. The van der Waals surface area contributed by atoms with E-state index in [1.54, 1.807) is 61.1 Å². The molecule has 1 amide bonds. The number of fused-ring (bicyclic) bond motifs is 1. The maximum Gasteiger partial charge on any atom is 0.251 e. The Morgan fingerprint density at radius 3 is 2.54 bits per heavy atom. The summed E-state index contributed by atoms with van der Waals surface area (Å²) in [4.78, 5) is 34.4. The molecule has 5 rings (SSSR count). The van der Waals surface area contributed by atoms with Crippen molar-refractivity contribution in [3.63, 3.8) is 0 Å². The highest BCUT2D eigenvalue weighted by atomic mass is 16.5. The summed E-state index contributed by atoms with van der Waals surface area (Å²) in [6.45, 7) is 0.342. The normalized spacial score (nSPS) is 13.8. The van der Waals surface area contributed by atoms with Crippen molar-refractivity contribution in [1.82, 2.24) is 15.3 Å². The smallest absolute Gasteiger partial charge is 0.251 e. The van der Waals surface area contributed by atoms with E-state index in [9.17, 15) is 9.59 Å². The molecule has 1 N–H and O–H groups in total. The van der Waals surface area contributed by atoms with Gasteiger partial charge in [-0.2, -0.15) is 0 Å². The summed E-state index contributed by atoms with van der Waals surface area (Å²) >= 11 is 0. The van der Waals surface area contributed by atoms with Gasteiger partial charge in [0.05, 0.1) is 38.2 Å². The molecule has 1 aliphatic heterocycles. The predicted octanol–water partition coefficient (Wildman–Crippen LogP) is 4.13. The Bertz CT molecular complexity index is 1440. The molecule has 8 nitrogen and oxygen atoms in total. The van der Waals surface area contributed by atoms with Gasteiger partial charge in [0.15, 0.2) is 5.78 Å². The molecule has 2 heterocycles. The maximum absolute atomic E-state index is 13.1. The van der Waals surface area contributed by atoms with Crippen LogP contribution in [0.15, 0.2) is 79.3 Å². The number of para-hydroxylation sites is 1. The second-order valence-electron chi connectivity index (χ2n) is 8.51. The van der Waals surface area contributed by atoms with Crippen LogP contribution >= 0.6 is 0 Å². The third-order valence-electron chi connectivity index (χ3n) is 6.22. The highest BCUT2D eigenvalue weighted by Crippen LogP contribution is 2.37. The second kappa shape index (κ2) is 10.5. The number of carbonyl (C=O) groups is 2. The Morgan fingerprint density at radius 1 is 1.00 bits per heavy atom. The molecular formula is C29H25N3O5. The number of nitrogens with zero attached hydrogens (tertiary/aromatic N) is 2. The van der Waals surface area contributed by atoms with E-state index in [4.69, 9.17) is 14.2 Å². The Hall–Kier alpha value is -4.72. The number of amides is 1. The maximum atomic E-state index is 13.1. The van der Waals surface area contributed by atoms with Gasteiger partial charge in [-0.1, -0.05) is 24.3 Å². The van der Waals surface area contributed by atoms with Crippen LogP contribution in [0.3, 0.4) is 0 Å². The first-order valence-corrected chi connectivity index (χ1v) is 11.8. The summed E-state index contributed by atoms with van der Waals surface area (Å²) in [5.74, 6) is 1.32. The Balaban J connectivity index is 1.23. The van der Waals surface area contributed by atoms with E-state index in [1.807, 2.05) is 18.2 Å². The zero-order valence-corrected chi connectivity index (χ0v) is 20.4. The molecule has 0 bridgehead atoms. The van der Waals surface area contributed by atoms with Gasteiger partial charge < -0.3 is 19.5 Å². The molecule has 1 atom stereocenters. The van der Waals surface area contributed by atoms with Gasteiger partial charge >= 0.3 is 0 Å². The second-order valence-corrected chi connectivity index (χ2v) is 8.51. The van der Waals surface area contributed by atoms with Crippen molar-refractivity contribution in [1.29, 1.82) is 0 Å². The average molecular weight is 496 g/mol. The molecule has 0 radical (unpaired) electrons. The predicted molar refractivity (Wildman–Crippen MR) is 137 cm³/mol. The quantitative estimate of drug-likeness (QED) is 0.367. The first-order valence-electron chi connectivity index (χ1n) is 11.8. The van der Waals surface area contributed by atoms with Crippen LogP contribution in [0.1, 0.15) is 31.8 Å². The summed E-state index contributed by atoms with van der Waals surface area (Å²) < 4.78 is 16.7. The van der Waals surface area contributed by atoms with Crippen LogP contribution in [0.25, 0.3) is 11.3 Å². The molecule has 0 saturated heterocycles. The number of nitrogens with one attached hydrogen (secondary N) is 1. The summed E-state index contributed by atoms with van der Waals surface area (Å²) in [6, 6.07) is 17.5. The van der Waals surface area contributed by atoms with Crippen molar-refractivity contribution in [3.8, 4) is 28.5 Å². The number of aromatic nitrogens is 2. The van der Waals surface area contributed by atoms with Gasteiger partial charge in [0.25, 0.3) is 5.91 Å². The van der Waals surface area contributed by atoms with Gasteiger partial charge in [0, 0.05) is 35.5 Å². The van der Waals surface area contributed by atoms with Crippen LogP contribution in [0.2, 0.25) is 0 Å². The molecule has 0 aliphatic carbocycles. The highest BCUT2D eigenvalue weighted by Gasteiger charge is 2.26. The lowest BCUT2D eigenvalue weighted by Crippen LogP contribution is -2.34. The van der Waals surface area contributed by atoms with E-state index in [1.165, 1.54) is 14.2 Å². The zero-order valence-electron chi connectivity index (χ0n) is 20.4.